The minimum atomic E-state index is -1.07. The molecule has 0 spiro atoms. The molecular weight excluding hydrogens is 250 g/mol. The summed E-state index contributed by atoms with van der Waals surface area (Å²) in [6, 6.07) is 4.62. The minimum absolute atomic E-state index is 0.215. The number of carbonyl (C=O) groups excluding carboxylic acids is 1. The highest BCUT2D eigenvalue weighted by molar-refractivity contribution is 5.94. The van der Waals surface area contributed by atoms with Crippen LogP contribution in [0.5, 0.6) is 11.5 Å². The van der Waals surface area contributed by atoms with Crippen LogP contribution in [0.4, 0.5) is 0 Å². The SMILES string of the molecule is CCNC(=O)c1ccc(OCC(=O)O)c(OCC)c1. The van der Waals surface area contributed by atoms with Gasteiger partial charge < -0.3 is 19.9 Å². The predicted molar refractivity (Wildman–Crippen MR) is 68.7 cm³/mol. The minimum Gasteiger partial charge on any atom is -0.490 e. The van der Waals surface area contributed by atoms with Gasteiger partial charge in [0.05, 0.1) is 6.61 Å². The van der Waals surface area contributed by atoms with E-state index >= 15 is 0 Å². The molecule has 6 heteroatoms. The molecule has 1 aromatic carbocycles. The summed E-state index contributed by atoms with van der Waals surface area (Å²) < 4.78 is 10.4. The maximum Gasteiger partial charge on any atom is 0.341 e. The second-order valence-electron chi connectivity index (χ2n) is 3.64. The smallest absolute Gasteiger partial charge is 0.341 e. The molecule has 0 radical (unpaired) electrons. The van der Waals surface area contributed by atoms with Crippen LogP contribution in [0.1, 0.15) is 24.2 Å². The van der Waals surface area contributed by atoms with E-state index in [0.717, 1.165) is 0 Å². The Labute approximate surface area is 111 Å². The summed E-state index contributed by atoms with van der Waals surface area (Å²) >= 11 is 0. The van der Waals surface area contributed by atoms with Gasteiger partial charge in [-0.2, -0.15) is 0 Å². The largest absolute Gasteiger partial charge is 0.490 e. The molecule has 0 fully saturated rings. The molecule has 0 atom stereocenters. The topological polar surface area (TPSA) is 84.9 Å². The van der Waals surface area contributed by atoms with Crippen molar-refractivity contribution >= 4 is 11.9 Å². The summed E-state index contributed by atoms with van der Waals surface area (Å²) in [6.45, 7) is 4.08. The summed E-state index contributed by atoms with van der Waals surface area (Å²) in [6.07, 6.45) is 0. The number of rotatable bonds is 7. The summed E-state index contributed by atoms with van der Waals surface area (Å²) in [4.78, 5) is 22.1. The van der Waals surface area contributed by atoms with E-state index in [-0.39, 0.29) is 5.91 Å². The molecule has 2 N–H and O–H groups in total. The van der Waals surface area contributed by atoms with Crippen LogP contribution in [-0.2, 0) is 4.79 Å². The lowest BCUT2D eigenvalue weighted by Gasteiger charge is -2.12. The van der Waals surface area contributed by atoms with Gasteiger partial charge in [0.15, 0.2) is 18.1 Å². The Hall–Kier alpha value is -2.24. The number of amides is 1. The van der Waals surface area contributed by atoms with Gasteiger partial charge in [0.2, 0.25) is 0 Å². The quantitative estimate of drug-likeness (QED) is 0.777. The summed E-state index contributed by atoms with van der Waals surface area (Å²) in [5.41, 5.74) is 0.438. The van der Waals surface area contributed by atoms with Crippen LogP contribution in [0.15, 0.2) is 18.2 Å². The summed E-state index contributed by atoms with van der Waals surface area (Å²) in [7, 11) is 0. The van der Waals surface area contributed by atoms with Gasteiger partial charge in [0, 0.05) is 12.1 Å². The zero-order chi connectivity index (χ0) is 14.3. The Kier molecular flexibility index (Phi) is 5.66. The molecular formula is C13H17NO5. The monoisotopic (exact) mass is 267 g/mol. The van der Waals surface area contributed by atoms with Crippen molar-refractivity contribution in [3.63, 3.8) is 0 Å². The van der Waals surface area contributed by atoms with Crippen molar-refractivity contribution in [2.45, 2.75) is 13.8 Å². The fraction of sp³-hybridized carbons (Fsp3) is 0.385. The Balaban J connectivity index is 2.93. The number of carboxylic acid groups (broad SMARTS) is 1. The number of carbonyl (C=O) groups is 2. The maximum absolute atomic E-state index is 11.7. The Morgan fingerprint density at radius 2 is 1.95 bits per heavy atom. The van der Waals surface area contributed by atoms with Gasteiger partial charge in [0.1, 0.15) is 0 Å². The van der Waals surface area contributed by atoms with E-state index in [0.29, 0.717) is 30.2 Å². The van der Waals surface area contributed by atoms with Crippen LogP contribution < -0.4 is 14.8 Å². The third-order valence-electron chi connectivity index (χ3n) is 2.19. The number of nitrogens with one attached hydrogen (secondary N) is 1. The first-order valence-corrected chi connectivity index (χ1v) is 5.98. The molecule has 0 heterocycles. The molecule has 0 aliphatic heterocycles. The molecule has 19 heavy (non-hydrogen) atoms. The second kappa shape index (κ2) is 7.25. The van der Waals surface area contributed by atoms with Crippen molar-refractivity contribution in [2.75, 3.05) is 19.8 Å². The molecule has 104 valence electrons. The van der Waals surface area contributed by atoms with Gasteiger partial charge >= 0.3 is 5.97 Å². The standard InChI is InChI=1S/C13H17NO5/c1-3-14-13(17)9-5-6-10(19-8-12(15)16)11(7-9)18-4-2/h5-7H,3-4,8H2,1-2H3,(H,14,17)(H,15,16). The zero-order valence-corrected chi connectivity index (χ0v) is 10.9. The third-order valence-corrected chi connectivity index (χ3v) is 2.19. The highest BCUT2D eigenvalue weighted by atomic mass is 16.5. The number of benzene rings is 1. The lowest BCUT2D eigenvalue weighted by Crippen LogP contribution is -2.22. The normalized spacial score (nSPS) is 9.79. The number of aliphatic carboxylic acids is 1. The third kappa shape index (κ3) is 4.50. The Morgan fingerprint density at radius 1 is 1.21 bits per heavy atom. The zero-order valence-electron chi connectivity index (χ0n) is 10.9. The van der Waals surface area contributed by atoms with Crippen molar-refractivity contribution in [1.29, 1.82) is 0 Å². The van der Waals surface area contributed by atoms with Crippen molar-refractivity contribution in [3.05, 3.63) is 23.8 Å². The van der Waals surface area contributed by atoms with Crippen molar-refractivity contribution in [1.82, 2.24) is 5.32 Å². The van der Waals surface area contributed by atoms with Gasteiger partial charge in [-0.15, -0.1) is 0 Å². The molecule has 0 bridgehead atoms. The number of hydrogen-bond acceptors (Lipinski definition) is 4. The molecule has 6 nitrogen and oxygen atoms in total. The summed E-state index contributed by atoms with van der Waals surface area (Å²) in [5, 5.41) is 11.2. The number of carboxylic acids is 1. The predicted octanol–water partition coefficient (Wildman–Crippen LogP) is 1.30. The molecule has 0 aliphatic rings. The van der Waals surface area contributed by atoms with Crippen LogP contribution in [0, 0.1) is 0 Å². The molecule has 0 saturated carbocycles. The number of ether oxygens (including phenoxy) is 2. The first-order chi connectivity index (χ1) is 9.08. The average molecular weight is 267 g/mol. The fourth-order valence-corrected chi connectivity index (χ4v) is 1.44. The van der Waals surface area contributed by atoms with Crippen LogP contribution in [0.3, 0.4) is 0 Å². The van der Waals surface area contributed by atoms with Crippen molar-refractivity contribution < 1.29 is 24.2 Å². The van der Waals surface area contributed by atoms with E-state index in [1.165, 1.54) is 12.1 Å². The van der Waals surface area contributed by atoms with Gasteiger partial charge in [-0.3, -0.25) is 4.79 Å². The van der Waals surface area contributed by atoms with E-state index in [2.05, 4.69) is 5.32 Å². The number of hydrogen-bond donors (Lipinski definition) is 2. The lowest BCUT2D eigenvalue weighted by molar-refractivity contribution is -0.139. The highest BCUT2D eigenvalue weighted by Crippen LogP contribution is 2.28. The average Bonchev–Trinajstić information content (AvgIpc) is 2.37. The maximum atomic E-state index is 11.7. The van der Waals surface area contributed by atoms with E-state index in [4.69, 9.17) is 14.6 Å². The molecule has 1 rings (SSSR count). The van der Waals surface area contributed by atoms with Gasteiger partial charge in [-0.1, -0.05) is 0 Å². The van der Waals surface area contributed by atoms with Gasteiger partial charge in [0.25, 0.3) is 5.91 Å². The van der Waals surface area contributed by atoms with E-state index < -0.39 is 12.6 Å². The molecule has 0 aromatic heterocycles. The first kappa shape index (κ1) is 14.8. The molecule has 0 aliphatic carbocycles. The van der Waals surface area contributed by atoms with E-state index in [1.807, 2.05) is 6.92 Å². The lowest BCUT2D eigenvalue weighted by atomic mass is 10.2. The summed E-state index contributed by atoms with van der Waals surface area (Å²) in [5.74, 6) is -0.631. The molecule has 0 unspecified atom stereocenters. The Morgan fingerprint density at radius 3 is 2.53 bits per heavy atom. The highest BCUT2D eigenvalue weighted by Gasteiger charge is 2.12. The second-order valence-corrected chi connectivity index (χ2v) is 3.64. The molecule has 1 amide bonds. The van der Waals surface area contributed by atoms with E-state index in [9.17, 15) is 9.59 Å². The van der Waals surface area contributed by atoms with Crippen molar-refractivity contribution in [3.8, 4) is 11.5 Å². The van der Waals surface area contributed by atoms with Crippen LogP contribution in [0.25, 0.3) is 0 Å². The van der Waals surface area contributed by atoms with Gasteiger partial charge in [-0.05, 0) is 32.0 Å². The van der Waals surface area contributed by atoms with Crippen LogP contribution in [-0.4, -0.2) is 36.7 Å². The van der Waals surface area contributed by atoms with Crippen molar-refractivity contribution in [2.24, 2.45) is 0 Å². The molecule has 0 saturated heterocycles. The van der Waals surface area contributed by atoms with Crippen LogP contribution in [0.2, 0.25) is 0 Å². The van der Waals surface area contributed by atoms with E-state index in [1.54, 1.807) is 13.0 Å². The molecule has 1 aromatic rings. The first-order valence-electron chi connectivity index (χ1n) is 5.98. The Bertz CT molecular complexity index is 458. The fourth-order valence-electron chi connectivity index (χ4n) is 1.44. The van der Waals surface area contributed by atoms with Gasteiger partial charge in [-0.25, -0.2) is 4.79 Å². The van der Waals surface area contributed by atoms with Crippen LogP contribution >= 0.6 is 0 Å².